The van der Waals surface area contributed by atoms with Crippen LogP contribution < -0.4 is 29.2 Å². The smallest absolute Gasteiger partial charge is 0.416 e. The number of fused-ring (bicyclic) bond motifs is 1. The van der Waals surface area contributed by atoms with E-state index in [2.05, 4.69) is 176 Å². The minimum atomic E-state index is -4.32. The predicted octanol–water partition coefficient (Wildman–Crippen LogP) is 30.5. The van der Waals surface area contributed by atoms with Gasteiger partial charge in [-0.1, -0.05) is 299 Å². The minimum absolute atomic E-state index is 0.0403. The number of halogens is 12. The Labute approximate surface area is 912 Å². The Balaban J connectivity index is 0.000000132. The monoisotopic (exact) mass is 2160 g/mol. The number of carbonyl (C=O) groups is 3. The van der Waals surface area contributed by atoms with Gasteiger partial charge in [-0.25, -0.2) is 4.85 Å². The maximum atomic E-state index is 12.9. The summed E-state index contributed by atoms with van der Waals surface area (Å²) < 4.78 is 44.4. The number of piperazine rings is 5. The van der Waals surface area contributed by atoms with Gasteiger partial charge in [-0.05, 0) is 225 Å². The number of ether oxygens (including phenoxy) is 1. The molecule has 6 atom stereocenters. The van der Waals surface area contributed by atoms with Gasteiger partial charge in [0, 0.05) is 153 Å². The van der Waals surface area contributed by atoms with Crippen molar-refractivity contribution in [1.82, 2.24) is 24.5 Å². The van der Waals surface area contributed by atoms with Crippen molar-refractivity contribution in [3.05, 3.63) is 462 Å². The highest BCUT2D eigenvalue weighted by atomic mass is 35.5. The second kappa shape index (κ2) is 50.9. The number of carbonyl (C=O) groups excluding carboxylic acids is 3. The lowest BCUT2D eigenvalue weighted by Crippen LogP contribution is -2.50. The summed E-state index contributed by atoms with van der Waals surface area (Å²) in [5, 5.41) is 6.59. The molecule has 14 aromatic rings. The fourth-order valence-electron chi connectivity index (χ4n) is 20.2. The van der Waals surface area contributed by atoms with Crippen LogP contribution in [-0.4, -0.2) is 173 Å². The van der Waals surface area contributed by atoms with Crippen LogP contribution in [0, 0.1) is 41.2 Å². The Bertz CT molecular complexity index is 6760. The lowest BCUT2D eigenvalue weighted by molar-refractivity contribution is -0.137. The molecule has 27 heteroatoms. The van der Waals surface area contributed by atoms with Gasteiger partial charge in [0.25, 0.3) is 0 Å². The van der Waals surface area contributed by atoms with E-state index in [0.29, 0.717) is 63.6 Å². The number of hydrogen-bond donors (Lipinski definition) is 0. The largest absolute Gasteiger partial charge is 0.493 e. The molecule has 3 unspecified atom stereocenters. The summed E-state index contributed by atoms with van der Waals surface area (Å²) in [5.41, 5.74) is 19.6. The normalized spacial score (nSPS) is 18.3. The molecule has 0 bridgehead atoms. The van der Waals surface area contributed by atoms with Gasteiger partial charge in [-0.3, -0.25) is 34.0 Å². The van der Waals surface area contributed by atoms with Crippen LogP contribution in [-0.2, 0) is 6.18 Å². The average molecular weight is 2170 g/mol. The highest BCUT2D eigenvalue weighted by molar-refractivity contribution is 6.35. The third kappa shape index (κ3) is 28.2. The molecule has 148 heavy (non-hydrogen) atoms. The third-order valence-corrected chi connectivity index (χ3v) is 30.6. The van der Waals surface area contributed by atoms with Crippen molar-refractivity contribution in [3.8, 4) is 5.75 Å². The zero-order valence-corrected chi connectivity index (χ0v) is 90.1. The van der Waals surface area contributed by atoms with E-state index in [1.54, 1.807) is 36.4 Å². The molecule has 0 N–H and O–H groups in total. The van der Waals surface area contributed by atoms with Crippen LogP contribution in [0.5, 0.6) is 5.75 Å². The van der Waals surface area contributed by atoms with E-state index < -0.39 is 11.7 Å². The fraction of sp³-hybridized carbons (Fsp3) is 0.273. The van der Waals surface area contributed by atoms with Gasteiger partial charge in [0.2, 0.25) is 0 Å². The third-order valence-electron chi connectivity index (χ3n) is 28.1. The lowest BCUT2D eigenvalue weighted by atomic mass is 9.95. The second-order valence-electron chi connectivity index (χ2n) is 38.5. The maximum Gasteiger partial charge on any atom is 0.416 e. The summed E-state index contributed by atoms with van der Waals surface area (Å²) in [7, 11) is 2.02. The quantitative estimate of drug-likeness (QED) is 0.0535. The Hall–Kier alpha value is -11.4. The van der Waals surface area contributed by atoms with Crippen molar-refractivity contribution in [2.75, 3.05) is 156 Å². The molecule has 764 valence electrons. The van der Waals surface area contributed by atoms with Crippen molar-refractivity contribution in [3.63, 3.8) is 0 Å². The molecule has 0 radical (unpaired) electrons. The van der Waals surface area contributed by atoms with Crippen LogP contribution in [0.4, 0.5) is 47.3 Å². The minimum Gasteiger partial charge on any atom is -0.493 e. The number of nitrogens with zero attached hydrogens (tertiary/aromatic N) is 11. The van der Waals surface area contributed by atoms with Crippen molar-refractivity contribution in [2.24, 2.45) is 0 Å². The first-order valence-corrected chi connectivity index (χ1v) is 53.0. The van der Waals surface area contributed by atoms with Crippen molar-refractivity contribution in [2.45, 2.75) is 83.5 Å². The van der Waals surface area contributed by atoms with Crippen molar-refractivity contribution < 1.29 is 32.3 Å². The fourth-order valence-corrected chi connectivity index (χ4v) is 22.5. The molecule has 0 aliphatic carbocycles. The van der Waals surface area contributed by atoms with Gasteiger partial charge in [0.1, 0.15) is 5.75 Å². The number of hydrogen-bond acceptors (Lipinski definition) is 14. The van der Waals surface area contributed by atoms with Crippen LogP contribution in [0.15, 0.2) is 322 Å². The predicted molar refractivity (Wildman–Crippen MR) is 605 cm³/mol. The number of aryl methyl sites for hydroxylation is 5. The van der Waals surface area contributed by atoms with Crippen molar-refractivity contribution >= 4 is 156 Å². The maximum absolute atomic E-state index is 12.9. The SMILES string of the molecule is Cc1ccc(N2CCN(C)CC2c2ccc(C(F)(F)F)cc2)c(Cl)c1.Cc1ccc(N2CCN(C3CCOc4ccccc43)C[C@H]2c2ccc(Cl)cc2)c(Cl)c1.Cc1ccc(N2CCN(CC(=O)c3ccccc3)CC2c2ccc(Cl)cc2)c(Cl)c1.Cc1ccc(N2CCN(CC(=O)c3ccccc3)C[C@H]2c2ccc(Cl)cc2)c(Cl)c1.[C-]#[N+]c1ccc(C(=O)CN2CCN(c3ccc(C)cc3Cl)[C@H](c3ccc(Cl)cc3)C2)cc1. The topological polar surface area (TPSA) is 97.2 Å². The summed E-state index contributed by atoms with van der Waals surface area (Å²) in [4.78, 5) is 64.8. The molecular formula is C121H117Cl9F3N11O4. The number of para-hydroxylation sites is 1. The number of rotatable bonds is 20. The van der Waals surface area contributed by atoms with Crippen LogP contribution in [0.3, 0.4) is 0 Å². The summed E-state index contributed by atoms with van der Waals surface area (Å²) in [5.74, 6) is 1.36. The van der Waals surface area contributed by atoms with Crippen molar-refractivity contribution in [1.29, 1.82) is 0 Å². The molecule has 0 aromatic heterocycles. The first-order chi connectivity index (χ1) is 71.3. The molecule has 6 aliphatic heterocycles. The summed E-state index contributed by atoms with van der Waals surface area (Å²) in [6.07, 6.45) is -3.31. The molecule has 5 fully saturated rings. The molecule has 0 saturated carbocycles. The van der Waals surface area contributed by atoms with E-state index in [1.165, 1.54) is 16.7 Å². The molecule has 0 spiro atoms. The van der Waals surface area contributed by atoms with E-state index in [1.807, 2.05) is 192 Å². The van der Waals surface area contributed by atoms with Crippen LogP contribution in [0.25, 0.3) is 4.85 Å². The molecule has 5 saturated heterocycles. The van der Waals surface area contributed by atoms with Gasteiger partial charge in [-0.15, -0.1) is 0 Å². The molecule has 20 rings (SSSR count). The molecular weight excluding hydrogens is 2050 g/mol. The van der Waals surface area contributed by atoms with Gasteiger partial charge < -0.3 is 34.1 Å². The highest BCUT2D eigenvalue weighted by Crippen LogP contribution is 2.46. The van der Waals surface area contributed by atoms with E-state index in [4.69, 9.17) is 116 Å². The molecule has 0 amide bonds. The summed E-state index contributed by atoms with van der Waals surface area (Å²) in [6, 6.07) is 103. The van der Waals surface area contributed by atoms with Crippen LogP contribution >= 0.6 is 104 Å². The molecule has 15 nitrogen and oxygen atoms in total. The van der Waals surface area contributed by atoms with Gasteiger partial charge >= 0.3 is 6.18 Å². The summed E-state index contributed by atoms with van der Waals surface area (Å²) >= 11 is 57.5. The van der Waals surface area contributed by atoms with Gasteiger partial charge in [0.15, 0.2) is 23.0 Å². The van der Waals surface area contributed by atoms with Gasteiger partial charge in [0.05, 0.1) is 122 Å². The number of alkyl halides is 3. The lowest BCUT2D eigenvalue weighted by Gasteiger charge is -2.47. The first-order valence-electron chi connectivity index (χ1n) is 49.6. The average Bonchev–Trinajstić information content (AvgIpc) is 0.814. The molecule has 6 aliphatic rings. The molecule has 6 heterocycles. The standard InChI is InChI=1S/C26H23Cl2N3O.C26H26Cl2N2O.2C25H24Cl2N2O.C19H20ClF3N2/c1-18-3-12-24(23(28)15-18)31-14-13-30(16-25(31)19-4-8-21(27)9-5-19)17-26(32)20-6-10-22(29-2)11-7-20;1-18-6-11-24(22(28)16-18)30-14-13-29(17-25(30)19-7-9-20(27)10-8-19)23-12-15-31-26-5-3-2-4-21(23)26;2*1-18-7-12-23(22(27)15-18)29-14-13-28(17-25(30)20-5-3-2-4-6-20)16-24(29)19-8-10-21(26)11-9-19;1-13-3-8-17(16(20)11-13)25-10-9-24(2)12-18(25)14-4-6-15(7-5-14)19(21,22)23/h3-12,15,25H,13-14,16-17H2,1H3;2-11,16,23,25H,12-15,17H2,1H3;2*2-12,15,24H,13-14,16-17H2,1H3;3-8,11,18H,9-10,12H2,1-2H3/t25-;23?,25-;24-;;/m000../s1. The highest BCUT2D eigenvalue weighted by Gasteiger charge is 2.40. The number of benzene rings is 14. The van der Waals surface area contributed by atoms with E-state index in [-0.39, 0.29) is 47.6 Å². The second-order valence-corrected chi connectivity index (χ2v) is 42.2. The number of Topliss-reactive ketones (excluding diaryl/α,β-unsaturated/α-hetero) is 3. The number of likely N-dealkylation sites (N-methyl/N-ethyl adjacent to an activating group) is 1. The first kappa shape index (κ1) is 109. The number of anilines is 5. The Morgan fingerprint density at radius 3 is 0.939 bits per heavy atom. The summed E-state index contributed by atoms with van der Waals surface area (Å²) in [6.45, 7) is 31.2. The molecule has 14 aromatic carbocycles. The Kier molecular flexibility index (Phi) is 37.6. The van der Waals surface area contributed by atoms with E-state index in [0.717, 1.165) is 232 Å². The Morgan fingerprint density at radius 2 is 0.615 bits per heavy atom. The van der Waals surface area contributed by atoms with Gasteiger partial charge in [-0.2, -0.15) is 13.2 Å². The van der Waals surface area contributed by atoms with Crippen LogP contribution in [0.2, 0.25) is 45.2 Å². The zero-order valence-electron chi connectivity index (χ0n) is 83.3. The number of ketones is 3. The Morgan fingerprint density at radius 1 is 0.324 bits per heavy atom. The zero-order chi connectivity index (χ0) is 104. The van der Waals surface area contributed by atoms with E-state index >= 15 is 0 Å². The van der Waals surface area contributed by atoms with E-state index in [9.17, 15) is 27.6 Å². The van der Waals surface area contributed by atoms with Crippen LogP contribution in [0.1, 0.15) is 141 Å².